The largest absolute Gasteiger partial charge is 0.389 e. The van der Waals surface area contributed by atoms with Gasteiger partial charge in [0.05, 0.1) is 0 Å². The van der Waals surface area contributed by atoms with Crippen LogP contribution in [0.25, 0.3) is 0 Å². The van der Waals surface area contributed by atoms with Gasteiger partial charge in [0.1, 0.15) is 4.99 Å². The third-order valence-corrected chi connectivity index (χ3v) is 2.56. The molecule has 17 heavy (non-hydrogen) atoms. The molecule has 0 aliphatic heterocycles. The molecule has 0 aliphatic rings. The van der Waals surface area contributed by atoms with Crippen molar-refractivity contribution >= 4 is 28.8 Å². The van der Waals surface area contributed by atoms with Crippen molar-refractivity contribution < 1.29 is 4.79 Å². The van der Waals surface area contributed by atoms with Gasteiger partial charge >= 0.3 is 0 Å². The highest BCUT2D eigenvalue weighted by molar-refractivity contribution is 7.80. The summed E-state index contributed by atoms with van der Waals surface area (Å²) in [5.41, 5.74) is 8.51. The van der Waals surface area contributed by atoms with Crippen molar-refractivity contribution in [2.24, 2.45) is 5.73 Å². The van der Waals surface area contributed by atoms with Crippen LogP contribution >= 0.6 is 12.2 Å². The fourth-order valence-electron chi connectivity index (χ4n) is 1.53. The number of nitrogens with one attached hydrogen (secondary N) is 2. The topological polar surface area (TPSA) is 67.2 Å². The van der Waals surface area contributed by atoms with Crippen molar-refractivity contribution in [3.05, 3.63) is 29.3 Å². The highest BCUT2D eigenvalue weighted by atomic mass is 32.1. The number of rotatable bonds is 5. The molecule has 0 radical (unpaired) electrons. The van der Waals surface area contributed by atoms with Gasteiger partial charge in [-0.3, -0.25) is 4.79 Å². The molecule has 0 bridgehead atoms. The average Bonchev–Trinajstić information content (AvgIpc) is 2.25. The van der Waals surface area contributed by atoms with Crippen LogP contribution < -0.4 is 16.4 Å². The molecule has 0 aliphatic carbocycles. The highest BCUT2D eigenvalue weighted by Crippen LogP contribution is 2.19. The quantitative estimate of drug-likeness (QED) is 0.543. The first kappa shape index (κ1) is 13.4. The van der Waals surface area contributed by atoms with Crippen molar-refractivity contribution in [3.63, 3.8) is 0 Å². The number of para-hydroxylation sites is 1. The van der Waals surface area contributed by atoms with Crippen LogP contribution in [0.1, 0.15) is 18.1 Å². The molecule has 1 rings (SSSR count). The molecule has 0 spiro atoms. The number of hydrogen-bond donors (Lipinski definition) is 3. The molecule has 0 fully saturated rings. The molecule has 5 heteroatoms. The van der Waals surface area contributed by atoms with Crippen molar-refractivity contribution in [2.45, 2.75) is 13.8 Å². The third-order valence-electron chi connectivity index (χ3n) is 2.34. The maximum absolute atomic E-state index is 10.7. The monoisotopic (exact) mass is 251 g/mol. The van der Waals surface area contributed by atoms with Crippen molar-refractivity contribution in [1.29, 1.82) is 0 Å². The molecule has 0 heterocycles. The number of anilines is 1. The predicted molar refractivity (Wildman–Crippen MR) is 74.2 cm³/mol. The Morgan fingerprint density at radius 1 is 1.41 bits per heavy atom. The average molecular weight is 251 g/mol. The van der Waals surface area contributed by atoms with E-state index in [4.69, 9.17) is 18.0 Å². The standard InChI is InChI=1S/C12H17N3OS/c1-8-4-3-5-10(12(13)17)11(8)15-7-6-14-9(2)16/h3-5,15H,6-7H2,1-2H3,(H2,13,17)(H,14,16). The summed E-state index contributed by atoms with van der Waals surface area (Å²) in [5, 5.41) is 5.95. The zero-order chi connectivity index (χ0) is 12.8. The first-order chi connectivity index (χ1) is 8.02. The molecule has 0 unspecified atom stereocenters. The minimum atomic E-state index is -0.0360. The summed E-state index contributed by atoms with van der Waals surface area (Å²) >= 11 is 5.00. The number of carbonyl (C=O) groups is 1. The summed E-state index contributed by atoms with van der Waals surface area (Å²) in [6.45, 7) is 4.69. The molecule has 4 N–H and O–H groups in total. The van der Waals surface area contributed by atoms with Crippen LogP contribution in [-0.2, 0) is 4.79 Å². The van der Waals surface area contributed by atoms with E-state index < -0.39 is 0 Å². The predicted octanol–water partition coefficient (Wildman–Crippen LogP) is 1.18. The van der Waals surface area contributed by atoms with Crippen LogP contribution in [0.4, 0.5) is 5.69 Å². The molecule has 0 saturated carbocycles. The normalized spacial score (nSPS) is 9.76. The number of amides is 1. The number of thiocarbonyl (C=S) groups is 1. The van der Waals surface area contributed by atoms with E-state index in [0.29, 0.717) is 18.1 Å². The Morgan fingerprint density at radius 3 is 2.71 bits per heavy atom. The molecular weight excluding hydrogens is 234 g/mol. The summed E-state index contributed by atoms with van der Waals surface area (Å²) < 4.78 is 0. The van der Waals surface area contributed by atoms with Gasteiger partial charge < -0.3 is 16.4 Å². The van der Waals surface area contributed by atoms with E-state index in [-0.39, 0.29) is 5.91 Å². The summed E-state index contributed by atoms with van der Waals surface area (Å²) in [6.07, 6.45) is 0. The second-order valence-corrected chi connectivity index (χ2v) is 4.21. The van der Waals surface area contributed by atoms with Crippen LogP contribution in [0.5, 0.6) is 0 Å². The van der Waals surface area contributed by atoms with E-state index in [2.05, 4.69) is 10.6 Å². The van der Waals surface area contributed by atoms with Gasteiger partial charge in [-0.1, -0.05) is 24.4 Å². The molecule has 4 nitrogen and oxygen atoms in total. The SMILES string of the molecule is CC(=O)NCCNc1c(C)cccc1C(N)=S. The number of hydrogen-bond acceptors (Lipinski definition) is 3. The first-order valence-electron chi connectivity index (χ1n) is 5.40. The molecule has 1 amide bonds. The van der Waals surface area contributed by atoms with Crippen LogP contribution in [0.2, 0.25) is 0 Å². The fourth-order valence-corrected chi connectivity index (χ4v) is 1.70. The van der Waals surface area contributed by atoms with E-state index in [1.807, 2.05) is 25.1 Å². The smallest absolute Gasteiger partial charge is 0.216 e. The van der Waals surface area contributed by atoms with E-state index in [1.54, 1.807) is 0 Å². The molecule has 0 saturated heterocycles. The maximum atomic E-state index is 10.7. The van der Waals surface area contributed by atoms with Crippen LogP contribution in [0.15, 0.2) is 18.2 Å². The molecule has 92 valence electrons. The third kappa shape index (κ3) is 4.03. The summed E-state index contributed by atoms with van der Waals surface area (Å²) in [4.78, 5) is 11.1. The summed E-state index contributed by atoms with van der Waals surface area (Å²) in [5.74, 6) is -0.0360. The zero-order valence-electron chi connectivity index (χ0n) is 10.0. The Balaban J connectivity index is 2.69. The van der Waals surface area contributed by atoms with Gasteiger partial charge in [-0.05, 0) is 18.6 Å². The van der Waals surface area contributed by atoms with E-state index >= 15 is 0 Å². The lowest BCUT2D eigenvalue weighted by atomic mass is 10.1. The Bertz CT molecular complexity index is 432. The summed E-state index contributed by atoms with van der Waals surface area (Å²) in [6, 6.07) is 5.79. The number of benzene rings is 1. The Labute approximate surface area is 107 Å². The van der Waals surface area contributed by atoms with Gasteiger partial charge in [0.2, 0.25) is 5.91 Å². The van der Waals surface area contributed by atoms with E-state index in [0.717, 1.165) is 16.8 Å². The molecule has 0 aromatic heterocycles. The van der Waals surface area contributed by atoms with Gasteiger partial charge in [-0.15, -0.1) is 0 Å². The Kier molecular flexibility index (Phi) is 4.90. The fraction of sp³-hybridized carbons (Fsp3) is 0.333. The van der Waals surface area contributed by atoms with Crippen LogP contribution in [-0.4, -0.2) is 24.0 Å². The second kappa shape index (κ2) is 6.20. The van der Waals surface area contributed by atoms with Crippen LogP contribution in [0.3, 0.4) is 0 Å². The lowest BCUT2D eigenvalue weighted by Crippen LogP contribution is -2.27. The van der Waals surface area contributed by atoms with E-state index in [9.17, 15) is 4.79 Å². The molecule has 0 atom stereocenters. The van der Waals surface area contributed by atoms with Gasteiger partial charge in [-0.25, -0.2) is 0 Å². The second-order valence-electron chi connectivity index (χ2n) is 3.77. The number of nitrogens with two attached hydrogens (primary N) is 1. The Hall–Kier alpha value is -1.62. The number of aryl methyl sites for hydroxylation is 1. The molecule has 1 aromatic carbocycles. The van der Waals surface area contributed by atoms with Crippen molar-refractivity contribution in [3.8, 4) is 0 Å². The number of carbonyl (C=O) groups excluding carboxylic acids is 1. The Morgan fingerprint density at radius 2 is 2.12 bits per heavy atom. The highest BCUT2D eigenvalue weighted by Gasteiger charge is 2.06. The minimum Gasteiger partial charge on any atom is -0.389 e. The molecule has 1 aromatic rings. The lowest BCUT2D eigenvalue weighted by molar-refractivity contribution is -0.118. The van der Waals surface area contributed by atoms with Crippen molar-refractivity contribution in [1.82, 2.24) is 5.32 Å². The van der Waals surface area contributed by atoms with Gasteiger partial charge in [0.25, 0.3) is 0 Å². The molecular formula is C12H17N3OS. The summed E-state index contributed by atoms with van der Waals surface area (Å²) in [7, 11) is 0. The van der Waals surface area contributed by atoms with Crippen LogP contribution in [0, 0.1) is 6.92 Å². The zero-order valence-corrected chi connectivity index (χ0v) is 10.9. The van der Waals surface area contributed by atoms with Gasteiger partial charge in [-0.2, -0.15) is 0 Å². The first-order valence-corrected chi connectivity index (χ1v) is 5.81. The van der Waals surface area contributed by atoms with E-state index in [1.165, 1.54) is 6.92 Å². The maximum Gasteiger partial charge on any atom is 0.216 e. The van der Waals surface area contributed by atoms with Gasteiger partial charge in [0.15, 0.2) is 0 Å². The van der Waals surface area contributed by atoms with Crippen molar-refractivity contribution in [2.75, 3.05) is 18.4 Å². The lowest BCUT2D eigenvalue weighted by Gasteiger charge is -2.14. The minimum absolute atomic E-state index is 0.0360. The van der Waals surface area contributed by atoms with Gasteiger partial charge in [0, 0.05) is 31.3 Å².